The molecule has 0 saturated heterocycles. The van der Waals surface area contributed by atoms with Crippen molar-refractivity contribution in [2.75, 3.05) is 6.61 Å². The second kappa shape index (κ2) is 7.15. The Balaban J connectivity index is 4.20. The van der Waals surface area contributed by atoms with Crippen LogP contribution in [0.5, 0.6) is 0 Å². The van der Waals surface area contributed by atoms with E-state index in [0.29, 0.717) is 5.76 Å². The molecule has 0 aliphatic heterocycles. The van der Waals surface area contributed by atoms with Gasteiger partial charge in [0, 0.05) is 0 Å². The molecule has 0 saturated carbocycles. The minimum Gasteiger partial charge on any atom is -0.504 e. The Morgan fingerprint density at radius 2 is 2.07 bits per heavy atom. The van der Waals surface area contributed by atoms with Crippen LogP contribution in [0.3, 0.4) is 0 Å². The molecule has 0 heterocycles. The van der Waals surface area contributed by atoms with Crippen molar-refractivity contribution in [3.05, 3.63) is 36.5 Å². The molecule has 0 unspecified atom stereocenters. The molecule has 3 nitrogen and oxygen atoms in total. The van der Waals surface area contributed by atoms with Crippen LogP contribution in [0.1, 0.15) is 13.8 Å². The molecule has 78 valence electrons. The van der Waals surface area contributed by atoms with Crippen LogP contribution in [0.2, 0.25) is 0 Å². The third-order valence-electron chi connectivity index (χ3n) is 1.33. The first-order valence-electron chi connectivity index (χ1n) is 4.10. The molecule has 0 bridgehead atoms. The number of thiocarbonyl (C=S) groups is 1. The van der Waals surface area contributed by atoms with E-state index in [-0.39, 0.29) is 17.4 Å². The Hall–Kier alpha value is -1.29. The Morgan fingerprint density at radius 1 is 1.43 bits per heavy atom. The summed E-state index contributed by atoms with van der Waals surface area (Å²) >= 11 is 4.85. The predicted molar refractivity (Wildman–Crippen MR) is 60.0 cm³/mol. The molecule has 0 fully saturated rings. The van der Waals surface area contributed by atoms with Gasteiger partial charge in [0.25, 0.3) is 0 Å². The maximum absolute atomic E-state index is 9.34. The minimum atomic E-state index is 0.0495. The van der Waals surface area contributed by atoms with Crippen molar-refractivity contribution in [2.24, 2.45) is 0 Å². The molecule has 0 aromatic carbocycles. The zero-order chi connectivity index (χ0) is 11.0. The van der Waals surface area contributed by atoms with Gasteiger partial charge < -0.3 is 14.6 Å². The molecule has 0 amide bonds. The average Bonchev–Trinajstić information content (AvgIpc) is 2.21. The van der Waals surface area contributed by atoms with Crippen molar-refractivity contribution in [1.29, 1.82) is 0 Å². The number of hydrogen-bond donors (Lipinski definition) is 1. The highest BCUT2D eigenvalue weighted by Gasteiger charge is 2.06. The first-order valence-corrected chi connectivity index (χ1v) is 4.51. The molecular weight excluding hydrogens is 200 g/mol. The number of hydrogen-bond acceptors (Lipinski definition) is 4. The van der Waals surface area contributed by atoms with Crippen molar-refractivity contribution in [3.8, 4) is 0 Å². The second-order valence-electron chi connectivity index (χ2n) is 2.28. The van der Waals surface area contributed by atoms with Gasteiger partial charge in [-0.1, -0.05) is 6.58 Å². The normalized spacial score (nSPS) is 12.1. The highest BCUT2D eigenvalue weighted by Crippen LogP contribution is 2.09. The standard InChI is InChI=1S/C10H14O3S/c1-4-8(11)9(5-2)13-10(14)7-12-6-3/h4-6,11H,3,7H2,1-2H3. The lowest BCUT2D eigenvalue weighted by molar-refractivity contribution is 0.264. The van der Waals surface area contributed by atoms with E-state index in [4.69, 9.17) is 21.7 Å². The lowest BCUT2D eigenvalue weighted by Crippen LogP contribution is -2.09. The monoisotopic (exact) mass is 214 g/mol. The number of ether oxygens (including phenoxy) is 2. The Bertz CT molecular complexity index is 267. The van der Waals surface area contributed by atoms with Crippen LogP contribution in [0.4, 0.5) is 0 Å². The van der Waals surface area contributed by atoms with Gasteiger partial charge >= 0.3 is 0 Å². The number of aliphatic hydroxyl groups is 1. The van der Waals surface area contributed by atoms with Gasteiger partial charge in [-0.25, -0.2) is 0 Å². The second-order valence-corrected chi connectivity index (χ2v) is 2.73. The van der Waals surface area contributed by atoms with Gasteiger partial charge in [-0.3, -0.25) is 0 Å². The predicted octanol–water partition coefficient (Wildman–Crippen LogP) is 2.86. The molecule has 0 radical (unpaired) electrons. The molecule has 0 rings (SSSR count). The van der Waals surface area contributed by atoms with Crippen LogP contribution in [0.25, 0.3) is 0 Å². The number of rotatable bonds is 5. The van der Waals surface area contributed by atoms with E-state index >= 15 is 0 Å². The zero-order valence-corrected chi connectivity index (χ0v) is 9.13. The third-order valence-corrected chi connectivity index (χ3v) is 1.53. The van der Waals surface area contributed by atoms with E-state index in [0.717, 1.165) is 0 Å². The summed E-state index contributed by atoms with van der Waals surface area (Å²) in [6.45, 7) is 6.96. The van der Waals surface area contributed by atoms with E-state index in [9.17, 15) is 5.11 Å². The van der Waals surface area contributed by atoms with Crippen LogP contribution in [-0.2, 0) is 9.47 Å². The highest BCUT2D eigenvalue weighted by atomic mass is 32.1. The summed E-state index contributed by atoms with van der Waals surface area (Å²) in [5, 5.41) is 9.58. The molecule has 0 aliphatic rings. The molecule has 0 aliphatic carbocycles. The van der Waals surface area contributed by atoms with Gasteiger partial charge in [-0.05, 0) is 38.2 Å². The quantitative estimate of drug-likeness (QED) is 0.434. The molecule has 14 heavy (non-hydrogen) atoms. The Morgan fingerprint density at radius 3 is 2.50 bits per heavy atom. The third kappa shape index (κ3) is 4.67. The fourth-order valence-electron chi connectivity index (χ4n) is 0.680. The fraction of sp³-hybridized carbons (Fsp3) is 0.300. The van der Waals surface area contributed by atoms with Gasteiger partial charge in [0.05, 0.1) is 6.26 Å². The molecule has 0 aromatic heterocycles. The molecule has 0 spiro atoms. The van der Waals surface area contributed by atoms with E-state index in [1.54, 1.807) is 19.9 Å². The molecule has 0 aromatic rings. The Kier molecular flexibility index (Phi) is 6.49. The van der Waals surface area contributed by atoms with Crippen LogP contribution < -0.4 is 0 Å². The largest absolute Gasteiger partial charge is 0.504 e. The van der Waals surface area contributed by atoms with Crippen LogP contribution >= 0.6 is 12.2 Å². The van der Waals surface area contributed by atoms with E-state index in [1.807, 2.05) is 0 Å². The van der Waals surface area contributed by atoms with Gasteiger partial charge in [0.1, 0.15) is 0 Å². The van der Waals surface area contributed by atoms with Crippen molar-refractivity contribution in [3.63, 3.8) is 0 Å². The van der Waals surface area contributed by atoms with Crippen molar-refractivity contribution in [1.82, 2.24) is 0 Å². The minimum absolute atomic E-state index is 0.0495. The van der Waals surface area contributed by atoms with Gasteiger partial charge in [0.15, 0.2) is 18.1 Å². The number of allylic oxidation sites excluding steroid dienone is 2. The van der Waals surface area contributed by atoms with Crippen LogP contribution in [0.15, 0.2) is 36.5 Å². The van der Waals surface area contributed by atoms with Gasteiger partial charge in [-0.2, -0.15) is 0 Å². The lowest BCUT2D eigenvalue weighted by Gasteiger charge is -2.09. The maximum Gasteiger partial charge on any atom is 0.205 e. The Labute approximate surface area is 89.3 Å². The van der Waals surface area contributed by atoms with Crippen molar-refractivity contribution >= 4 is 17.3 Å². The van der Waals surface area contributed by atoms with E-state index in [1.165, 1.54) is 12.3 Å². The number of aliphatic hydroxyl groups excluding tert-OH is 1. The molecule has 1 N–H and O–H groups in total. The highest BCUT2D eigenvalue weighted by molar-refractivity contribution is 7.80. The summed E-state index contributed by atoms with van der Waals surface area (Å²) in [6, 6.07) is 0. The van der Waals surface area contributed by atoms with Crippen LogP contribution in [-0.4, -0.2) is 16.8 Å². The smallest absolute Gasteiger partial charge is 0.205 e. The summed E-state index contributed by atoms with van der Waals surface area (Å²) in [4.78, 5) is 0. The topological polar surface area (TPSA) is 38.7 Å². The molecule has 0 atom stereocenters. The summed E-state index contributed by atoms with van der Waals surface area (Å²) < 4.78 is 9.98. The van der Waals surface area contributed by atoms with Crippen LogP contribution in [0, 0.1) is 0 Å². The SMILES string of the molecule is C=COCC(=S)OC(=CC)C(O)=CC. The van der Waals surface area contributed by atoms with Gasteiger partial charge in [-0.15, -0.1) is 0 Å². The van der Waals surface area contributed by atoms with E-state index in [2.05, 4.69) is 6.58 Å². The summed E-state index contributed by atoms with van der Waals surface area (Å²) in [5.74, 6) is 0.374. The maximum atomic E-state index is 9.34. The fourth-order valence-corrected chi connectivity index (χ4v) is 0.838. The summed E-state index contributed by atoms with van der Waals surface area (Å²) in [6.07, 6.45) is 4.42. The average molecular weight is 214 g/mol. The molecule has 4 heteroatoms. The van der Waals surface area contributed by atoms with Crippen molar-refractivity contribution in [2.45, 2.75) is 13.8 Å². The first-order chi connectivity index (χ1) is 6.65. The summed E-state index contributed by atoms with van der Waals surface area (Å²) in [5.41, 5.74) is 0. The zero-order valence-electron chi connectivity index (χ0n) is 8.32. The van der Waals surface area contributed by atoms with E-state index < -0.39 is 0 Å². The molecular formula is C10H14O3S. The van der Waals surface area contributed by atoms with Gasteiger partial charge in [0.2, 0.25) is 5.05 Å². The summed E-state index contributed by atoms with van der Waals surface area (Å²) in [7, 11) is 0. The first kappa shape index (κ1) is 12.7. The lowest BCUT2D eigenvalue weighted by atomic mass is 10.3. The van der Waals surface area contributed by atoms with Crippen molar-refractivity contribution < 1.29 is 14.6 Å².